The molecule has 0 unspecified atom stereocenters. The van der Waals surface area contributed by atoms with Crippen LogP contribution in [0.4, 0.5) is 0 Å². The van der Waals surface area contributed by atoms with Crippen molar-refractivity contribution in [1.82, 2.24) is 0 Å². The van der Waals surface area contributed by atoms with Gasteiger partial charge in [-0.1, -0.05) is 52.9 Å². The summed E-state index contributed by atoms with van der Waals surface area (Å²) < 4.78 is 0. The molecule has 0 amide bonds. The Hall–Kier alpha value is 0.511. The summed E-state index contributed by atoms with van der Waals surface area (Å²) in [5, 5.41) is 18.4. The first kappa shape index (κ1) is 20.8. The molecule has 0 heterocycles. The number of unbranched alkanes of at least 4 members (excludes halogenated alkanes) is 4. The molecule has 0 aliphatic carbocycles. The van der Waals surface area contributed by atoms with E-state index in [9.17, 15) is 19.8 Å². The summed E-state index contributed by atoms with van der Waals surface area (Å²) >= 11 is 0. The maximum atomic E-state index is 11.2. The van der Waals surface area contributed by atoms with E-state index in [2.05, 4.69) is 6.92 Å². The molecule has 2 N–H and O–H groups in total. The maximum absolute atomic E-state index is 11.2. The van der Waals surface area contributed by atoms with Crippen molar-refractivity contribution in [3.05, 3.63) is 0 Å². The van der Waals surface area contributed by atoms with Gasteiger partial charge in [-0.25, -0.2) is 0 Å². The second-order valence-electron chi connectivity index (χ2n) is 4.90. The van der Waals surface area contributed by atoms with Crippen LogP contribution >= 0.6 is 0 Å². The van der Waals surface area contributed by atoms with Crippen molar-refractivity contribution in [2.45, 2.75) is 59.3 Å². The number of hydrogen-bond acceptors (Lipinski definition) is 2. The molecule has 4 nitrogen and oxygen atoms in total. The molecule has 0 radical (unpaired) electrons. The molecule has 0 fully saturated rings. The van der Waals surface area contributed by atoms with E-state index < -0.39 is 23.3 Å². The van der Waals surface area contributed by atoms with Gasteiger partial charge in [0, 0.05) is 0 Å². The van der Waals surface area contributed by atoms with Crippen molar-refractivity contribution >= 4 is 60.8 Å². The topological polar surface area (TPSA) is 74.6 Å². The molecule has 0 aromatic heterocycles. The molecule has 0 atom stereocenters. The van der Waals surface area contributed by atoms with Crippen LogP contribution in [0.2, 0.25) is 0 Å². The van der Waals surface area contributed by atoms with Crippen LogP contribution in [-0.4, -0.2) is 71.0 Å². The zero-order valence-electron chi connectivity index (χ0n) is 11.0. The summed E-state index contributed by atoms with van der Waals surface area (Å²) in [6, 6.07) is 0. The fourth-order valence-corrected chi connectivity index (χ4v) is 2.10. The third kappa shape index (κ3) is 5.65. The quantitative estimate of drug-likeness (QED) is 0.364. The van der Waals surface area contributed by atoms with Gasteiger partial charge in [-0.05, 0) is 12.3 Å². The van der Waals surface area contributed by atoms with Gasteiger partial charge in [0.15, 0.2) is 5.41 Å². The first-order valence-corrected chi connectivity index (χ1v) is 6.36. The molecule has 0 aromatic rings. The first-order valence-electron chi connectivity index (χ1n) is 6.36. The van der Waals surface area contributed by atoms with Gasteiger partial charge in [-0.3, -0.25) is 9.59 Å². The normalized spacial score (nSPS) is 11.1. The van der Waals surface area contributed by atoms with Gasteiger partial charge in [-0.2, -0.15) is 0 Å². The fraction of sp³-hybridized carbons (Fsp3) is 0.846. The SMILES string of the molecule is CCCCCCCC(C(=O)O)(C(=O)O)C(C)C.[BaH2]. The fourth-order valence-electron chi connectivity index (χ4n) is 2.10. The number of carboxylic acid groups (broad SMARTS) is 2. The van der Waals surface area contributed by atoms with Crippen LogP contribution in [0, 0.1) is 11.3 Å². The van der Waals surface area contributed by atoms with Crippen LogP contribution in [-0.2, 0) is 9.59 Å². The van der Waals surface area contributed by atoms with E-state index in [0.29, 0.717) is 6.42 Å². The Bertz CT molecular complexity index is 250. The van der Waals surface area contributed by atoms with Crippen LogP contribution in [0.5, 0.6) is 0 Å². The van der Waals surface area contributed by atoms with Crippen molar-refractivity contribution in [2.75, 3.05) is 0 Å². The van der Waals surface area contributed by atoms with E-state index in [-0.39, 0.29) is 55.3 Å². The van der Waals surface area contributed by atoms with Gasteiger partial charge in [0.05, 0.1) is 0 Å². The Morgan fingerprint density at radius 3 is 1.78 bits per heavy atom. The van der Waals surface area contributed by atoms with Crippen LogP contribution in [0.1, 0.15) is 59.3 Å². The Balaban J connectivity index is 0. The van der Waals surface area contributed by atoms with Gasteiger partial charge in [0.2, 0.25) is 0 Å². The molecule has 0 saturated heterocycles. The van der Waals surface area contributed by atoms with Crippen molar-refractivity contribution in [3.63, 3.8) is 0 Å². The molecule has 5 heteroatoms. The molecule has 0 spiro atoms. The molecule has 0 aliphatic heterocycles. The van der Waals surface area contributed by atoms with Crippen molar-refractivity contribution in [3.8, 4) is 0 Å². The molecule has 0 aromatic carbocycles. The zero-order chi connectivity index (χ0) is 13.5. The Morgan fingerprint density at radius 2 is 1.44 bits per heavy atom. The van der Waals surface area contributed by atoms with E-state index in [0.717, 1.165) is 25.7 Å². The van der Waals surface area contributed by atoms with Crippen LogP contribution in [0.3, 0.4) is 0 Å². The van der Waals surface area contributed by atoms with E-state index >= 15 is 0 Å². The summed E-state index contributed by atoms with van der Waals surface area (Å²) in [5.74, 6) is -2.82. The van der Waals surface area contributed by atoms with E-state index in [1.807, 2.05) is 0 Å². The number of carbonyl (C=O) groups is 2. The number of carboxylic acids is 2. The molecule has 104 valence electrons. The summed E-state index contributed by atoms with van der Waals surface area (Å²) in [6.07, 6.45) is 5.07. The van der Waals surface area contributed by atoms with Crippen molar-refractivity contribution < 1.29 is 19.8 Å². The average Bonchev–Trinajstić information content (AvgIpc) is 2.21. The second kappa shape index (κ2) is 10.3. The predicted molar refractivity (Wildman–Crippen MR) is 74.5 cm³/mol. The van der Waals surface area contributed by atoms with E-state index in [1.165, 1.54) is 0 Å². The van der Waals surface area contributed by atoms with E-state index in [1.54, 1.807) is 13.8 Å². The monoisotopic (exact) mass is 384 g/mol. The van der Waals surface area contributed by atoms with Gasteiger partial charge in [0.1, 0.15) is 0 Å². The third-order valence-electron chi connectivity index (χ3n) is 3.42. The average molecular weight is 384 g/mol. The Labute approximate surface area is 150 Å². The minimum atomic E-state index is -1.62. The minimum absolute atomic E-state index is 0. The Morgan fingerprint density at radius 1 is 1.00 bits per heavy atom. The van der Waals surface area contributed by atoms with Crippen LogP contribution in [0.15, 0.2) is 0 Å². The van der Waals surface area contributed by atoms with Crippen LogP contribution < -0.4 is 0 Å². The van der Waals surface area contributed by atoms with Gasteiger partial charge in [-0.15, -0.1) is 0 Å². The summed E-state index contributed by atoms with van der Waals surface area (Å²) in [4.78, 5) is 22.5. The molecule has 0 bridgehead atoms. The first-order chi connectivity index (χ1) is 7.89. The van der Waals surface area contributed by atoms with Crippen molar-refractivity contribution in [2.24, 2.45) is 11.3 Å². The Kier molecular flexibility index (Phi) is 11.9. The second-order valence-corrected chi connectivity index (χ2v) is 4.90. The molecule has 18 heavy (non-hydrogen) atoms. The predicted octanol–water partition coefficient (Wildman–Crippen LogP) is 2.24. The van der Waals surface area contributed by atoms with Crippen LogP contribution in [0.25, 0.3) is 0 Å². The number of aliphatic carboxylic acids is 2. The molecular formula is C13H26BaO4. The number of hydrogen-bond donors (Lipinski definition) is 2. The van der Waals surface area contributed by atoms with Gasteiger partial charge in [0.25, 0.3) is 0 Å². The van der Waals surface area contributed by atoms with Gasteiger partial charge < -0.3 is 10.2 Å². The summed E-state index contributed by atoms with van der Waals surface area (Å²) in [6.45, 7) is 5.43. The number of rotatable bonds is 9. The third-order valence-corrected chi connectivity index (χ3v) is 3.42. The molecule has 0 saturated carbocycles. The standard InChI is InChI=1S/C13H24O4.Ba.2H/c1-4-5-6-7-8-9-13(10(2)3,11(14)15)12(16)17;;;/h10H,4-9H2,1-3H3,(H,14,15)(H,16,17);;;. The molecule has 0 aliphatic rings. The zero-order valence-corrected chi connectivity index (χ0v) is 11.0. The summed E-state index contributed by atoms with van der Waals surface area (Å²) in [7, 11) is 0. The molecule has 0 rings (SSSR count). The summed E-state index contributed by atoms with van der Waals surface area (Å²) in [5.41, 5.74) is -1.62. The van der Waals surface area contributed by atoms with Gasteiger partial charge >= 0.3 is 60.8 Å². The van der Waals surface area contributed by atoms with E-state index in [4.69, 9.17) is 0 Å². The molecular weight excluding hydrogens is 357 g/mol. The van der Waals surface area contributed by atoms with Crippen molar-refractivity contribution in [1.29, 1.82) is 0 Å².